The van der Waals surface area contributed by atoms with E-state index in [-0.39, 0.29) is 0 Å². The predicted molar refractivity (Wildman–Crippen MR) is 69.5 cm³/mol. The molecule has 0 saturated carbocycles. The van der Waals surface area contributed by atoms with Crippen molar-refractivity contribution < 1.29 is 4.74 Å². The smallest absolute Gasteiger partial charge is 0.0469 e. The van der Waals surface area contributed by atoms with Gasteiger partial charge < -0.3 is 10.1 Å². The first-order valence-electron chi connectivity index (χ1n) is 5.81. The Hall–Kier alpha value is -0.380. The van der Waals surface area contributed by atoms with Crippen LogP contribution < -0.4 is 5.32 Å². The molecular formula is C13H18BrNO. The van der Waals surface area contributed by atoms with Crippen molar-refractivity contribution in [1.82, 2.24) is 5.32 Å². The molecule has 0 aromatic heterocycles. The second-order valence-electron chi connectivity index (χ2n) is 4.27. The van der Waals surface area contributed by atoms with Gasteiger partial charge in [0.25, 0.3) is 0 Å². The van der Waals surface area contributed by atoms with Crippen molar-refractivity contribution in [2.75, 3.05) is 20.3 Å². The van der Waals surface area contributed by atoms with Crippen molar-refractivity contribution in [3.05, 3.63) is 34.3 Å². The first kappa shape index (κ1) is 12.1. The third-order valence-electron chi connectivity index (χ3n) is 3.28. The third-order valence-corrected chi connectivity index (χ3v) is 3.81. The average Bonchev–Trinajstić information content (AvgIpc) is 2.34. The van der Waals surface area contributed by atoms with E-state index >= 15 is 0 Å². The van der Waals surface area contributed by atoms with Gasteiger partial charge in [-0.2, -0.15) is 0 Å². The highest BCUT2D eigenvalue weighted by molar-refractivity contribution is 9.10. The van der Waals surface area contributed by atoms with E-state index in [0.29, 0.717) is 12.0 Å². The Balaban J connectivity index is 2.11. The zero-order chi connectivity index (χ0) is 11.4. The lowest BCUT2D eigenvalue weighted by Gasteiger charge is -2.30. The van der Waals surface area contributed by atoms with E-state index in [2.05, 4.69) is 45.5 Å². The maximum absolute atomic E-state index is 5.41. The van der Waals surface area contributed by atoms with Gasteiger partial charge >= 0.3 is 0 Å². The van der Waals surface area contributed by atoms with Crippen molar-refractivity contribution in [3.8, 4) is 0 Å². The highest BCUT2D eigenvalue weighted by atomic mass is 79.9. The molecule has 1 saturated heterocycles. The van der Waals surface area contributed by atoms with Gasteiger partial charge in [0.1, 0.15) is 0 Å². The minimum absolute atomic E-state index is 0.456. The van der Waals surface area contributed by atoms with E-state index < -0.39 is 0 Å². The molecule has 0 aliphatic carbocycles. The number of hydrogen-bond donors (Lipinski definition) is 1. The van der Waals surface area contributed by atoms with Crippen molar-refractivity contribution in [1.29, 1.82) is 0 Å². The molecule has 0 radical (unpaired) electrons. The van der Waals surface area contributed by atoms with Gasteiger partial charge in [0.05, 0.1) is 0 Å². The molecule has 1 aliphatic rings. The molecule has 1 fully saturated rings. The summed E-state index contributed by atoms with van der Waals surface area (Å²) in [5, 5.41) is 3.44. The van der Waals surface area contributed by atoms with E-state index in [0.717, 1.165) is 30.5 Å². The Kier molecular flexibility index (Phi) is 4.38. The average molecular weight is 284 g/mol. The SMILES string of the molecule is CNC(c1ccc(Br)cc1)C1CCOCC1. The van der Waals surface area contributed by atoms with E-state index in [4.69, 9.17) is 4.74 Å². The Bertz CT molecular complexity index is 319. The van der Waals surface area contributed by atoms with Crippen LogP contribution >= 0.6 is 15.9 Å². The monoisotopic (exact) mass is 283 g/mol. The van der Waals surface area contributed by atoms with Crippen LogP contribution in [0, 0.1) is 5.92 Å². The highest BCUT2D eigenvalue weighted by Gasteiger charge is 2.23. The van der Waals surface area contributed by atoms with Crippen LogP contribution in [0.5, 0.6) is 0 Å². The molecule has 2 nitrogen and oxygen atoms in total. The summed E-state index contributed by atoms with van der Waals surface area (Å²) >= 11 is 3.47. The van der Waals surface area contributed by atoms with Crippen molar-refractivity contribution in [3.63, 3.8) is 0 Å². The molecule has 1 atom stereocenters. The van der Waals surface area contributed by atoms with Gasteiger partial charge in [0, 0.05) is 23.7 Å². The lowest BCUT2D eigenvalue weighted by molar-refractivity contribution is 0.0546. The summed E-state index contributed by atoms with van der Waals surface area (Å²) in [6, 6.07) is 9.07. The summed E-state index contributed by atoms with van der Waals surface area (Å²) in [5.74, 6) is 0.694. The minimum atomic E-state index is 0.456. The molecule has 1 aliphatic heterocycles. The van der Waals surface area contributed by atoms with Crippen LogP contribution in [0.25, 0.3) is 0 Å². The van der Waals surface area contributed by atoms with Gasteiger partial charge in [0.15, 0.2) is 0 Å². The summed E-state index contributed by atoms with van der Waals surface area (Å²) in [6.45, 7) is 1.80. The fourth-order valence-corrected chi connectivity index (χ4v) is 2.66. The third kappa shape index (κ3) is 2.84. The van der Waals surface area contributed by atoms with Crippen LogP contribution in [0.2, 0.25) is 0 Å². The first-order valence-corrected chi connectivity index (χ1v) is 6.61. The van der Waals surface area contributed by atoms with Gasteiger partial charge in [-0.1, -0.05) is 28.1 Å². The molecule has 1 N–H and O–H groups in total. The highest BCUT2D eigenvalue weighted by Crippen LogP contribution is 2.30. The van der Waals surface area contributed by atoms with Crippen LogP contribution in [-0.2, 0) is 4.74 Å². The van der Waals surface area contributed by atoms with Gasteiger partial charge in [-0.3, -0.25) is 0 Å². The summed E-state index contributed by atoms with van der Waals surface area (Å²) in [7, 11) is 2.04. The molecule has 1 aromatic rings. The van der Waals surface area contributed by atoms with E-state index in [9.17, 15) is 0 Å². The number of nitrogens with one attached hydrogen (secondary N) is 1. The normalized spacial score (nSPS) is 19.6. The molecule has 1 aromatic carbocycles. The lowest BCUT2D eigenvalue weighted by atomic mass is 9.87. The second kappa shape index (κ2) is 5.80. The van der Waals surface area contributed by atoms with Crippen LogP contribution in [0.4, 0.5) is 0 Å². The lowest BCUT2D eigenvalue weighted by Crippen LogP contribution is -2.29. The Morgan fingerprint density at radius 1 is 1.25 bits per heavy atom. The summed E-state index contributed by atoms with van der Waals surface area (Å²) in [5.41, 5.74) is 1.37. The maximum Gasteiger partial charge on any atom is 0.0469 e. The summed E-state index contributed by atoms with van der Waals surface area (Å²) in [6.07, 6.45) is 2.31. The Labute approximate surface area is 106 Å². The maximum atomic E-state index is 5.41. The number of ether oxygens (including phenoxy) is 1. The van der Waals surface area contributed by atoms with Gasteiger partial charge in [-0.25, -0.2) is 0 Å². The standard InChI is InChI=1S/C13H18BrNO/c1-15-13(11-6-8-16-9-7-11)10-2-4-12(14)5-3-10/h2-5,11,13,15H,6-9H2,1H3. The van der Waals surface area contributed by atoms with Crippen LogP contribution in [-0.4, -0.2) is 20.3 Å². The molecule has 1 unspecified atom stereocenters. The van der Waals surface area contributed by atoms with Crippen molar-refractivity contribution in [2.24, 2.45) is 5.92 Å². The molecule has 88 valence electrons. The zero-order valence-electron chi connectivity index (χ0n) is 9.58. The quantitative estimate of drug-likeness (QED) is 0.920. The zero-order valence-corrected chi connectivity index (χ0v) is 11.2. The summed E-state index contributed by atoms with van der Waals surface area (Å²) < 4.78 is 6.55. The summed E-state index contributed by atoms with van der Waals surface area (Å²) in [4.78, 5) is 0. The minimum Gasteiger partial charge on any atom is -0.381 e. The molecule has 0 spiro atoms. The predicted octanol–water partition coefficient (Wildman–Crippen LogP) is 3.14. The van der Waals surface area contributed by atoms with Gasteiger partial charge in [0.2, 0.25) is 0 Å². The van der Waals surface area contributed by atoms with Gasteiger partial charge in [-0.15, -0.1) is 0 Å². The molecule has 3 heteroatoms. The van der Waals surface area contributed by atoms with Crippen LogP contribution in [0.15, 0.2) is 28.7 Å². The fourth-order valence-electron chi connectivity index (χ4n) is 2.39. The second-order valence-corrected chi connectivity index (χ2v) is 5.18. The van der Waals surface area contributed by atoms with Crippen LogP contribution in [0.3, 0.4) is 0 Å². The van der Waals surface area contributed by atoms with E-state index in [1.54, 1.807) is 0 Å². The molecule has 0 amide bonds. The molecule has 2 rings (SSSR count). The van der Waals surface area contributed by atoms with E-state index in [1.807, 2.05) is 7.05 Å². The van der Waals surface area contributed by atoms with Crippen molar-refractivity contribution in [2.45, 2.75) is 18.9 Å². The number of rotatable bonds is 3. The Morgan fingerprint density at radius 3 is 2.44 bits per heavy atom. The largest absolute Gasteiger partial charge is 0.381 e. The Morgan fingerprint density at radius 2 is 1.88 bits per heavy atom. The molecule has 16 heavy (non-hydrogen) atoms. The van der Waals surface area contributed by atoms with Crippen molar-refractivity contribution >= 4 is 15.9 Å². The number of halogens is 1. The van der Waals surface area contributed by atoms with Gasteiger partial charge in [-0.05, 0) is 43.5 Å². The molecule has 1 heterocycles. The number of hydrogen-bond acceptors (Lipinski definition) is 2. The fraction of sp³-hybridized carbons (Fsp3) is 0.538. The number of benzene rings is 1. The van der Waals surface area contributed by atoms with E-state index in [1.165, 1.54) is 5.56 Å². The molecule has 0 bridgehead atoms. The molecular weight excluding hydrogens is 266 g/mol. The topological polar surface area (TPSA) is 21.3 Å². The van der Waals surface area contributed by atoms with Crippen LogP contribution in [0.1, 0.15) is 24.4 Å². The first-order chi connectivity index (χ1) is 7.81.